The molecule has 1 N–H and O–H groups in total. The van der Waals surface area contributed by atoms with Crippen LogP contribution in [0.1, 0.15) is 27.2 Å². The number of halogens is 1. The maximum absolute atomic E-state index is 6.06. The lowest BCUT2D eigenvalue weighted by Gasteiger charge is -2.19. The molecule has 0 heterocycles. The second-order valence-electron chi connectivity index (χ2n) is 4.63. The van der Waals surface area contributed by atoms with Crippen LogP contribution in [0.5, 0.6) is 5.75 Å². The molecule has 96 valence electrons. The summed E-state index contributed by atoms with van der Waals surface area (Å²) >= 11 is 6.06. The zero-order valence-corrected chi connectivity index (χ0v) is 11.6. The second-order valence-corrected chi connectivity index (χ2v) is 5.04. The molecule has 1 aromatic rings. The lowest BCUT2D eigenvalue weighted by atomic mass is 10.2. The van der Waals surface area contributed by atoms with Gasteiger partial charge in [0.1, 0.15) is 11.9 Å². The molecule has 0 amide bonds. The van der Waals surface area contributed by atoms with Gasteiger partial charge in [-0.3, -0.25) is 0 Å². The Kier molecular flexibility index (Phi) is 6.38. The van der Waals surface area contributed by atoms with E-state index in [-0.39, 0.29) is 6.10 Å². The van der Waals surface area contributed by atoms with Gasteiger partial charge in [0.05, 0.1) is 5.02 Å². The molecule has 0 aliphatic rings. The van der Waals surface area contributed by atoms with E-state index in [1.165, 1.54) is 0 Å². The minimum absolute atomic E-state index is 0.175. The zero-order chi connectivity index (χ0) is 12.7. The highest BCUT2D eigenvalue weighted by atomic mass is 35.5. The van der Waals surface area contributed by atoms with Gasteiger partial charge in [0.25, 0.3) is 0 Å². The third kappa shape index (κ3) is 5.42. The average Bonchev–Trinajstić information content (AvgIpc) is 2.30. The predicted molar refractivity (Wildman–Crippen MR) is 73.9 cm³/mol. The van der Waals surface area contributed by atoms with Crippen LogP contribution in [0.4, 0.5) is 0 Å². The molecule has 0 radical (unpaired) electrons. The van der Waals surface area contributed by atoms with Gasteiger partial charge in [0.2, 0.25) is 0 Å². The van der Waals surface area contributed by atoms with Crippen molar-refractivity contribution in [1.29, 1.82) is 0 Å². The van der Waals surface area contributed by atoms with Gasteiger partial charge in [-0.1, -0.05) is 44.5 Å². The Bertz CT molecular complexity index is 328. The summed E-state index contributed by atoms with van der Waals surface area (Å²) in [7, 11) is 0. The van der Waals surface area contributed by atoms with Gasteiger partial charge < -0.3 is 10.1 Å². The minimum atomic E-state index is 0.175. The van der Waals surface area contributed by atoms with Crippen molar-refractivity contribution in [1.82, 2.24) is 5.32 Å². The summed E-state index contributed by atoms with van der Waals surface area (Å²) in [5, 5.41) is 4.08. The molecule has 1 rings (SSSR count). The highest BCUT2D eigenvalue weighted by molar-refractivity contribution is 6.32. The number of nitrogens with one attached hydrogen (secondary N) is 1. The van der Waals surface area contributed by atoms with Gasteiger partial charge in [-0.15, -0.1) is 0 Å². The van der Waals surface area contributed by atoms with Crippen LogP contribution in [0.15, 0.2) is 24.3 Å². The van der Waals surface area contributed by atoms with E-state index in [1.54, 1.807) is 0 Å². The van der Waals surface area contributed by atoms with E-state index in [2.05, 4.69) is 26.1 Å². The molecule has 0 spiro atoms. The second kappa shape index (κ2) is 7.57. The fourth-order valence-electron chi connectivity index (χ4n) is 1.52. The zero-order valence-electron chi connectivity index (χ0n) is 10.9. The summed E-state index contributed by atoms with van der Waals surface area (Å²) < 4.78 is 5.88. The Labute approximate surface area is 109 Å². The highest BCUT2D eigenvalue weighted by Crippen LogP contribution is 2.24. The van der Waals surface area contributed by atoms with E-state index >= 15 is 0 Å². The molecule has 1 atom stereocenters. The Morgan fingerprint density at radius 2 is 1.94 bits per heavy atom. The SMILES string of the molecule is CCC(CNCC(C)C)Oc1ccccc1Cl. The molecule has 1 aromatic carbocycles. The van der Waals surface area contributed by atoms with Gasteiger partial charge in [-0.2, -0.15) is 0 Å². The molecule has 3 heteroatoms. The number of benzene rings is 1. The van der Waals surface area contributed by atoms with E-state index in [4.69, 9.17) is 16.3 Å². The third-order valence-electron chi connectivity index (χ3n) is 2.51. The monoisotopic (exact) mass is 255 g/mol. The lowest BCUT2D eigenvalue weighted by Crippen LogP contribution is -2.33. The first kappa shape index (κ1) is 14.3. The van der Waals surface area contributed by atoms with Crippen molar-refractivity contribution in [2.75, 3.05) is 13.1 Å². The van der Waals surface area contributed by atoms with Crippen LogP contribution in [0.25, 0.3) is 0 Å². The summed E-state index contributed by atoms with van der Waals surface area (Å²) in [5.74, 6) is 1.43. The van der Waals surface area contributed by atoms with Crippen LogP contribution in [-0.2, 0) is 0 Å². The summed E-state index contributed by atoms with van der Waals surface area (Å²) in [6.07, 6.45) is 1.14. The normalized spacial score (nSPS) is 12.8. The van der Waals surface area contributed by atoms with Crippen molar-refractivity contribution < 1.29 is 4.74 Å². The largest absolute Gasteiger partial charge is 0.488 e. The first-order valence-electron chi connectivity index (χ1n) is 6.25. The van der Waals surface area contributed by atoms with Crippen LogP contribution in [0.2, 0.25) is 5.02 Å². The molecule has 1 unspecified atom stereocenters. The van der Waals surface area contributed by atoms with Crippen LogP contribution in [0.3, 0.4) is 0 Å². The number of ether oxygens (including phenoxy) is 1. The topological polar surface area (TPSA) is 21.3 Å². The standard InChI is InChI=1S/C14H22ClNO/c1-4-12(10-16-9-11(2)3)17-14-8-6-5-7-13(14)15/h5-8,11-12,16H,4,9-10H2,1-3H3. The van der Waals surface area contributed by atoms with Crippen LogP contribution < -0.4 is 10.1 Å². The Hall–Kier alpha value is -0.730. The maximum atomic E-state index is 6.06. The quantitative estimate of drug-likeness (QED) is 0.801. The van der Waals surface area contributed by atoms with Crippen molar-refractivity contribution in [2.45, 2.75) is 33.3 Å². The first-order valence-corrected chi connectivity index (χ1v) is 6.63. The fourth-order valence-corrected chi connectivity index (χ4v) is 1.70. The Morgan fingerprint density at radius 3 is 2.53 bits per heavy atom. The predicted octanol–water partition coefficient (Wildman–Crippen LogP) is 3.74. The number of hydrogen-bond donors (Lipinski definition) is 1. The maximum Gasteiger partial charge on any atom is 0.138 e. The van der Waals surface area contributed by atoms with Crippen molar-refractivity contribution in [3.05, 3.63) is 29.3 Å². The summed E-state index contributed by atoms with van der Waals surface area (Å²) in [6.45, 7) is 8.40. The molecule has 0 aliphatic heterocycles. The highest BCUT2D eigenvalue weighted by Gasteiger charge is 2.09. The van der Waals surface area contributed by atoms with Crippen molar-refractivity contribution in [3.63, 3.8) is 0 Å². The minimum Gasteiger partial charge on any atom is -0.488 e. The van der Waals surface area contributed by atoms with Gasteiger partial charge in [0.15, 0.2) is 0 Å². The van der Waals surface area contributed by atoms with Gasteiger partial charge in [0, 0.05) is 6.54 Å². The van der Waals surface area contributed by atoms with E-state index in [0.717, 1.165) is 25.3 Å². The number of hydrogen-bond acceptors (Lipinski definition) is 2. The number of para-hydroxylation sites is 1. The molecule has 2 nitrogen and oxygen atoms in total. The summed E-state index contributed by atoms with van der Waals surface area (Å²) in [5.41, 5.74) is 0. The molecular weight excluding hydrogens is 234 g/mol. The lowest BCUT2D eigenvalue weighted by molar-refractivity contribution is 0.192. The van der Waals surface area contributed by atoms with Gasteiger partial charge >= 0.3 is 0 Å². The van der Waals surface area contributed by atoms with Crippen LogP contribution in [0, 0.1) is 5.92 Å². The van der Waals surface area contributed by atoms with Crippen LogP contribution in [-0.4, -0.2) is 19.2 Å². The van der Waals surface area contributed by atoms with E-state index in [9.17, 15) is 0 Å². The van der Waals surface area contributed by atoms with Crippen molar-refractivity contribution in [2.24, 2.45) is 5.92 Å². The number of rotatable bonds is 7. The smallest absolute Gasteiger partial charge is 0.138 e. The van der Waals surface area contributed by atoms with E-state index in [0.29, 0.717) is 10.9 Å². The Morgan fingerprint density at radius 1 is 1.24 bits per heavy atom. The van der Waals surface area contributed by atoms with Crippen molar-refractivity contribution in [3.8, 4) is 5.75 Å². The van der Waals surface area contributed by atoms with E-state index in [1.807, 2.05) is 24.3 Å². The van der Waals surface area contributed by atoms with Crippen LogP contribution >= 0.6 is 11.6 Å². The summed E-state index contributed by atoms with van der Waals surface area (Å²) in [4.78, 5) is 0. The molecular formula is C14H22ClNO. The Balaban J connectivity index is 2.44. The van der Waals surface area contributed by atoms with Crippen molar-refractivity contribution >= 4 is 11.6 Å². The van der Waals surface area contributed by atoms with Gasteiger partial charge in [-0.25, -0.2) is 0 Å². The first-order chi connectivity index (χ1) is 8.13. The van der Waals surface area contributed by atoms with E-state index < -0.39 is 0 Å². The van der Waals surface area contributed by atoms with Gasteiger partial charge in [-0.05, 0) is 31.0 Å². The molecule has 0 saturated heterocycles. The fraction of sp³-hybridized carbons (Fsp3) is 0.571. The molecule has 0 aliphatic carbocycles. The third-order valence-corrected chi connectivity index (χ3v) is 2.82. The molecule has 17 heavy (non-hydrogen) atoms. The average molecular weight is 256 g/mol. The summed E-state index contributed by atoms with van der Waals surface area (Å²) in [6, 6.07) is 7.61. The molecule has 0 saturated carbocycles. The molecule has 0 bridgehead atoms. The molecule has 0 aromatic heterocycles. The molecule has 0 fully saturated rings.